The van der Waals surface area contributed by atoms with Crippen LogP contribution < -0.4 is 0 Å². The second-order valence-corrected chi connectivity index (χ2v) is 4.72. The minimum Gasteiger partial charge on any atom is -0.465 e. The number of hydrogen-bond donors (Lipinski definition) is 0. The number of piperidine rings is 1. The number of halogens is 1. The lowest BCUT2D eigenvalue weighted by atomic mass is 9.99. The summed E-state index contributed by atoms with van der Waals surface area (Å²) in [5, 5.41) is 0. The molecule has 4 nitrogen and oxygen atoms in total. The van der Waals surface area contributed by atoms with E-state index in [0.29, 0.717) is 13.0 Å². The summed E-state index contributed by atoms with van der Waals surface area (Å²) < 4.78 is 6.46. The number of nitrogens with zero attached hydrogens (tertiary/aromatic N) is 1. The summed E-state index contributed by atoms with van der Waals surface area (Å²) in [6.07, 6.45) is 1.48. The van der Waals surface area contributed by atoms with E-state index in [1.165, 1.54) is 9.12 Å². The molecule has 1 atom stereocenters. The van der Waals surface area contributed by atoms with Gasteiger partial charge in [0.25, 0.3) is 0 Å². The van der Waals surface area contributed by atoms with E-state index in [9.17, 15) is 9.59 Å². The van der Waals surface area contributed by atoms with Crippen molar-refractivity contribution < 1.29 is 14.3 Å². The summed E-state index contributed by atoms with van der Waals surface area (Å²) in [5.74, 6) is -1.08. The maximum Gasteiger partial charge on any atom is 0.318 e. The molecule has 1 heterocycles. The van der Waals surface area contributed by atoms with E-state index in [-0.39, 0.29) is 11.9 Å². The molecule has 80 valence electrons. The highest BCUT2D eigenvalue weighted by atomic mass is 127. The van der Waals surface area contributed by atoms with Crippen LogP contribution in [-0.2, 0) is 14.3 Å². The fourth-order valence-electron chi connectivity index (χ4n) is 1.38. The zero-order chi connectivity index (χ0) is 10.6. The molecule has 1 saturated heterocycles. The predicted octanol–water partition coefficient (Wildman–Crippen LogP) is 1.79. The average Bonchev–Trinajstić information content (AvgIpc) is 2.18. The van der Waals surface area contributed by atoms with Crippen LogP contribution in [0.1, 0.15) is 19.8 Å². The van der Waals surface area contributed by atoms with Gasteiger partial charge < -0.3 is 4.74 Å². The number of carbonyl (C=O) groups is 2. The normalized spacial score (nSPS) is 22.3. The number of rotatable bonds is 3. The molecular formula is C8H12INO3S. The molecule has 0 bridgehead atoms. The number of esters is 1. The molecule has 0 saturated carbocycles. The highest BCUT2D eigenvalue weighted by Gasteiger charge is 2.35. The monoisotopic (exact) mass is 329 g/mol. The standard InChI is InChI=1S/C8H12INO3S/c1-2-13-8(12)6-4-3-5-10(14-9)7(6)11/h6H,2-5H2,1H3. The highest BCUT2D eigenvalue weighted by Crippen LogP contribution is 2.28. The summed E-state index contributed by atoms with van der Waals surface area (Å²) in [4.78, 5) is 23.1. The third-order valence-corrected chi connectivity index (χ3v) is 4.01. The van der Waals surface area contributed by atoms with E-state index in [1.54, 1.807) is 11.2 Å². The van der Waals surface area contributed by atoms with Gasteiger partial charge in [-0.1, -0.05) is 0 Å². The number of hydrogen-bond acceptors (Lipinski definition) is 4. The van der Waals surface area contributed by atoms with Gasteiger partial charge in [0.2, 0.25) is 5.91 Å². The van der Waals surface area contributed by atoms with Crippen LogP contribution in [0.2, 0.25) is 0 Å². The van der Waals surface area contributed by atoms with Gasteiger partial charge in [0.05, 0.1) is 6.61 Å². The van der Waals surface area contributed by atoms with Crippen molar-refractivity contribution in [2.75, 3.05) is 13.2 Å². The van der Waals surface area contributed by atoms with Crippen molar-refractivity contribution in [1.82, 2.24) is 4.31 Å². The van der Waals surface area contributed by atoms with Crippen LogP contribution in [0.4, 0.5) is 0 Å². The molecule has 1 aliphatic rings. The van der Waals surface area contributed by atoms with Crippen LogP contribution in [-0.4, -0.2) is 29.3 Å². The Balaban J connectivity index is 2.60. The zero-order valence-corrected chi connectivity index (χ0v) is 10.8. The first-order valence-corrected chi connectivity index (χ1v) is 7.79. The molecule has 1 rings (SSSR count). The minimum atomic E-state index is -0.578. The maximum absolute atomic E-state index is 11.7. The van der Waals surface area contributed by atoms with E-state index in [4.69, 9.17) is 4.74 Å². The average molecular weight is 329 g/mol. The second kappa shape index (κ2) is 5.79. The van der Waals surface area contributed by atoms with Gasteiger partial charge in [-0.25, -0.2) is 0 Å². The first kappa shape index (κ1) is 12.1. The van der Waals surface area contributed by atoms with Crippen molar-refractivity contribution in [2.24, 2.45) is 5.92 Å². The van der Waals surface area contributed by atoms with Crippen molar-refractivity contribution in [3.05, 3.63) is 0 Å². The van der Waals surface area contributed by atoms with E-state index in [1.807, 2.05) is 21.2 Å². The SMILES string of the molecule is CCOC(=O)C1CCCN(SI)C1=O. The first-order valence-electron chi connectivity index (χ1n) is 4.47. The second-order valence-electron chi connectivity index (χ2n) is 2.96. The number of amides is 1. The predicted molar refractivity (Wildman–Crippen MR) is 62.7 cm³/mol. The van der Waals surface area contributed by atoms with Crippen molar-refractivity contribution in [3.8, 4) is 0 Å². The van der Waals surface area contributed by atoms with Crippen LogP contribution in [0.15, 0.2) is 0 Å². The molecule has 0 N–H and O–H groups in total. The summed E-state index contributed by atoms with van der Waals surface area (Å²) in [5.41, 5.74) is 0. The fraction of sp³-hybridized carbons (Fsp3) is 0.750. The molecule has 0 aliphatic carbocycles. The van der Waals surface area contributed by atoms with E-state index in [2.05, 4.69) is 0 Å². The van der Waals surface area contributed by atoms with Crippen LogP contribution in [0.3, 0.4) is 0 Å². The topological polar surface area (TPSA) is 46.6 Å². The third-order valence-electron chi connectivity index (χ3n) is 2.05. The molecule has 0 radical (unpaired) electrons. The quantitative estimate of drug-likeness (QED) is 0.343. The molecule has 0 spiro atoms. The third kappa shape index (κ3) is 2.75. The van der Waals surface area contributed by atoms with Gasteiger partial charge >= 0.3 is 5.97 Å². The zero-order valence-electron chi connectivity index (χ0n) is 7.86. The Morgan fingerprint density at radius 2 is 2.50 bits per heavy atom. The van der Waals surface area contributed by atoms with Crippen molar-refractivity contribution >= 4 is 42.2 Å². The molecule has 6 heteroatoms. The van der Waals surface area contributed by atoms with Crippen molar-refractivity contribution in [1.29, 1.82) is 0 Å². The Hall–Kier alpha value is 0.0200. The Bertz CT molecular complexity index is 237. The Morgan fingerprint density at radius 1 is 1.79 bits per heavy atom. The molecular weight excluding hydrogens is 317 g/mol. The Morgan fingerprint density at radius 3 is 3.07 bits per heavy atom. The number of carbonyl (C=O) groups excluding carboxylic acids is 2. The van der Waals surface area contributed by atoms with Crippen LogP contribution >= 0.6 is 30.3 Å². The Kier molecular flexibility index (Phi) is 5.00. The molecule has 1 amide bonds. The van der Waals surface area contributed by atoms with Gasteiger partial charge in [-0.3, -0.25) is 13.9 Å². The fourth-order valence-corrected chi connectivity index (χ4v) is 2.94. The number of ether oxygens (including phenoxy) is 1. The molecule has 1 fully saturated rings. The first-order chi connectivity index (χ1) is 6.70. The Labute approximate surface area is 99.5 Å². The van der Waals surface area contributed by atoms with E-state index >= 15 is 0 Å². The molecule has 0 aromatic rings. The summed E-state index contributed by atoms with van der Waals surface area (Å²) in [6, 6.07) is 0. The lowest BCUT2D eigenvalue weighted by Gasteiger charge is -2.27. The summed E-state index contributed by atoms with van der Waals surface area (Å²) >= 11 is 2.05. The van der Waals surface area contributed by atoms with Gasteiger partial charge in [0, 0.05) is 36.9 Å². The molecule has 0 aromatic carbocycles. The smallest absolute Gasteiger partial charge is 0.318 e. The lowest BCUT2D eigenvalue weighted by Crippen LogP contribution is -2.40. The van der Waals surface area contributed by atoms with Gasteiger partial charge in [0.1, 0.15) is 5.92 Å². The molecule has 14 heavy (non-hydrogen) atoms. The van der Waals surface area contributed by atoms with Crippen LogP contribution in [0.5, 0.6) is 0 Å². The van der Waals surface area contributed by atoms with Crippen LogP contribution in [0, 0.1) is 5.92 Å². The highest BCUT2D eigenvalue weighted by molar-refractivity contribution is 14.2. The van der Waals surface area contributed by atoms with Gasteiger partial charge in [-0.2, -0.15) is 0 Å². The molecule has 1 unspecified atom stereocenters. The summed E-state index contributed by atoms with van der Waals surface area (Å²) in [7, 11) is 1.34. The summed E-state index contributed by atoms with van der Waals surface area (Å²) in [6.45, 7) is 2.80. The largest absolute Gasteiger partial charge is 0.465 e. The minimum absolute atomic E-state index is 0.117. The van der Waals surface area contributed by atoms with E-state index < -0.39 is 5.92 Å². The van der Waals surface area contributed by atoms with Gasteiger partial charge in [-0.05, 0) is 19.8 Å². The van der Waals surface area contributed by atoms with Crippen molar-refractivity contribution in [2.45, 2.75) is 19.8 Å². The maximum atomic E-state index is 11.7. The van der Waals surface area contributed by atoms with Gasteiger partial charge in [0.15, 0.2) is 0 Å². The van der Waals surface area contributed by atoms with E-state index in [0.717, 1.165) is 13.0 Å². The van der Waals surface area contributed by atoms with Crippen molar-refractivity contribution in [3.63, 3.8) is 0 Å². The lowest BCUT2D eigenvalue weighted by molar-refractivity contribution is -0.155. The van der Waals surface area contributed by atoms with Gasteiger partial charge in [-0.15, -0.1) is 0 Å². The molecule has 1 aliphatic heterocycles. The van der Waals surface area contributed by atoms with Crippen LogP contribution in [0.25, 0.3) is 0 Å². The molecule has 0 aromatic heterocycles.